The first-order valence-corrected chi connectivity index (χ1v) is 9.03. The zero-order chi connectivity index (χ0) is 19.6. The second-order valence-electron chi connectivity index (χ2n) is 6.89. The molecule has 2 fully saturated rings. The van der Waals surface area contributed by atoms with Gasteiger partial charge in [0.25, 0.3) is 0 Å². The van der Waals surface area contributed by atoms with E-state index in [0.29, 0.717) is 35.2 Å². The van der Waals surface area contributed by atoms with Gasteiger partial charge in [-0.1, -0.05) is 6.42 Å². The summed E-state index contributed by atoms with van der Waals surface area (Å²) in [5, 5.41) is 9.50. The summed E-state index contributed by atoms with van der Waals surface area (Å²) in [5.41, 5.74) is 0.701. The highest BCUT2D eigenvalue weighted by atomic mass is 16.5. The minimum Gasteiger partial charge on any atom is -0.493 e. The van der Waals surface area contributed by atoms with Gasteiger partial charge in [0, 0.05) is 12.1 Å². The third-order valence-electron chi connectivity index (χ3n) is 5.48. The number of carboxylic acid groups (broad SMARTS) is 1. The molecule has 0 bridgehead atoms. The number of methoxy groups -OCH3 is 3. The van der Waals surface area contributed by atoms with Gasteiger partial charge in [-0.3, -0.25) is 4.79 Å². The van der Waals surface area contributed by atoms with Gasteiger partial charge >= 0.3 is 5.97 Å². The van der Waals surface area contributed by atoms with Gasteiger partial charge in [-0.15, -0.1) is 0 Å². The van der Waals surface area contributed by atoms with Crippen LogP contribution in [0.3, 0.4) is 0 Å². The summed E-state index contributed by atoms with van der Waals surface area (Å²) in [6.45, 7) is 0. The molecule has 1 heterocycles. The van der Waals surface area contributed by atoms with Crippen LogP contribution in [0.5, 0.6) is 17.2 Å². The predicted molar refractivity (Wildman–Crippen MR) is 99.1 cm³/mol. The van der Waals surface area contributed by atoms with Crippen molar-refractivity contribution >= 4 is 18.0 Å². The van der Waals surface area contributed by atoms with E-state index in [1.54, 1.807) is 23.1 Å². The maximum atomic E-state index is 12.8. The Morgan fingerprint density at radius 2 is 1.78 bits per heavy atom. The highest BCUT2D eigenvalue weighted by Crippen LogP contribution is 2.42. The van der Waals surface area contributed by atoms with E-state index < -0.39 is 12.0 Å². The highest BCUT2D eigenvalue weighted by Gasteiger charge is 2.48. The van der Waals surface area contributed by atoms with E-state index in [4.69, 9.17) is 14.2 Å². The maximum absolute atomic E-state index is 12.8. The molecule has 1 saturated carbocycles. The number of aliphatic carboxylic acids is 1. The number of amides is 1. The third kappa shape index (κ3) is 3.59. The van der Waals surface area contributed by atoms with Gasteiger partial charge in [-0.2, -0.15) is 0 Å². The lowest BCUT2D eigenvalue weighted by molar-refractivity contribution is -0.147. The molecule has 27 heavy (non-hydrogen) atoms. The standard InChI is InChI=1S/C20H25NO6/c1-25-16-9-12(10-17(26-2)19(16)27-3)7-8-18(22)21-14-6-4-5-13(14)11-15(21)20(23)24/h7-10,13-15H,4-6,11H2,1-3H3,(H,23,24)/t13-,14-,15-/m0/s1. The third-order valence-corrected chi connectivity index (χ3v) is 5.48. The van der Waals surface area contributed by atoms with Crippen molar-refractivity contribution < 1.29 is 28.9 Å². The summed E-state index contributed by atoms with van der Waals surface area (Å²) in [4.78, 5) is 25.9. The highest BCUT2D eigenvalue weighted by molar-refractivity contribution is 5.95. The molecule has 7 heteroatoms. The summed E-state index contributed by atoms with van der Waals surface area (Å²) >= 11 is 0. The van der Waals surface area contributed by atoms with E-state index in [0.717, 1.165) is 19.3 Å². The van der Waals surface area contributed by atoms with E-state index in [2.05, 4.69) is 0 Å². The fraction of sp³-hybridized carbons (Fsp3) is 0.500. The Morgan fingerprint density at radius 1 is 1.11 bits per heavy atom. The lowest BCUT2D eigenvalue weighted by Crippen LogP contribution is -2.44. The Kier molecular flexibility index (Phi) is 5.58. The molecule has 1 aromatic carbocycles. The number of carboxylic acids is 1. The zero-order valence-corrected chi connectivity index (χ0v) is 15.8. The molecule has 1 saturated heterocycles. The molecule has 0 aromatic heterocycles. The van der Waals surface area contributed by atoms with Gasteiger partial charge in [0.05, 0.1) is 21.3 Å². The molecule has 3 rings (SSSR count). The van der Waals surface area contributed by atoms with Gasteiger partial charge in [0.15, 0.2) is 11.5 Å². The van der Waals surface area contributed by atoms with Gasteiger partial charge in [-0.25, -0.2) is 4.79 Å². The van der Waals surface area contributed by atoms with E-state index in [-0.39, 0.29) is 11.9 Å². The normalized spacial score (nSPS) is 24.1. The van der Waals surface area contributed by atoms with Crippen LogP contribution in [0, 0.1) is 5.92 Å². The second-order valence-corrected chi connectivity index (χ2v) is 6.89. The molecule has 7 nitrogen and oxygen atoms in total. The summed E-state index contributed by atoms with van der Waals surface area (Å²) in [6.07, 6.45) is 6.53. The Hall–Kier alpha value is -2.70. The minimum absolute atomic E-state index is 0.0307. The van der Waals surface area contributed by atoms with Crippen molar-refractivity contribution in [1.82, 2.24) is 4.90 Å². The van der Waals surface area contributed by atoms with Crippen molar-refractivity contribution in [2.45, 2.75) is 37.8 Å². The number of benzene rings is 1. The number of hydrogen-bond donors (Lipinski definition) is 1. The Bertz CT molecular complexity index is 734. The van der Waals surface area contributed by atoms with Gasteiger partial charge < -0.3 is 24.2 Å². The predicted octanol–water partition coefficient (Wildman–Crippen LogP) is 2.58. The van der Waals surface area contributed by atoms with E-state index >= 15 is 0 Å². The van der Waals surface area contributed by atoms with Crippen LogP contribution >= 0.6 is 0 Å². The lowest BCUT2D eigenvalue weighted by atomic mass is 10.0. The minimum atomic E-state index is -0.932. The molecular weight excluding hydrogens is 350 g/mol. The van der Waals surface area contributed by atoms with Gasteiger partial charge in [-0.05, 0) is 49.0 Å². The van der Waals surface area contributed by atoms with Crippen LogP contribution in [-0.2, 0) is 9.59 Å². The van der Waals surface area contributed by atoms with Crippen LogP contribution in [0.25, 0.3) is 6.08 Å². The smallest absolute Gasteiger partial charge is 0.326 e. The monoisotopic (exact) mass is 375 g/mol. The topological polar surface area (TPSA) is 85.3 Å². The average Bonchev–Trinajstić information content (AvgIpc) is 3.26. The lowest BCUT2D eigenvalue weighted by Gasteiger charge is -2.26. The molecule has 1 aliphatic carbocycles. The average molecular weight is 375 g/mol. The van der Waals surface area contributed by atoms with Crippen molar-refractivity contribution in [1.29, 1.82) is 0 Å². The molecule has 2 aliphatic rings. The maximum Gasteiger partial charge on any atom is 0.326 e. The molecule has 1 amide bonds. The first-order valence-electron chi connectivity index (χ1n) is 9.03. The summed E-state index contributed by atoms with van der Waals surface area (Å²) < 4.78 is 15.9. The molecule has 1 aliphatic heterocycles. The van der Waals surface area contributed by atoms with Crippen molar-refractivity contribution in [3.05, 3.63) is 23.8 Å². The van der Waals surface area contributed by atoms with E-state index in [1.165, 1.54) is 27.4 Å². The van der Waals surface area contributed by atoms with Crippen LogP contribution in [0.15, 0.2) is 18.2 Å². The van der Waals surface area contributed by atoms with Crippen molar-refractivity contribution in [2.24, 2.45) is 5.92 Å². The van der Waals surface area contributed by atoms with E-state index in [9.17, 15) is 14.7 Å². The number of carbonyl (C=O) groups excluding carboxylic acids is 1. The number of carbonyl (C=O) groups is 2. The molecule has 0 radical (unpaired) electrons. The second kappa shape index (κ2) is 7.90. The fourth-order valence-electron chi connectivity index (χ4n) is 4.28. The first kappa shape index (κ1) is 19.1. The van der Waals surface area contributed by atoms with Crippen molar-refractivity contribution in [2.75, 3.05) is 21.3 Å². The fourth-order valence-corrected chi connectivity index (χ4v) is 4.28. The SMILES string of the molecule is COc1cc(C=CC(=O)N2[C@H](C(=O)O)C[C@@H]3CCC[C@@H]32)cc(OC)c1OC. The number of ether oxygens (including phenoxy) is 3. The molecule has 0 spiro atoms. The van der Waals surface area contributed by atoms with E-state index in [1.807, 2.05) is 0 Å². The van der Waals surface area contributed by atoms with Crippen LogP contribution in [0.1, 0.15) is 31.2 Å². The first-order chi connectivity index (χ1) is 13.0. The van der Waals surface area contributed by atoms with Gasteiger partial charge in [0.1, 0.15) is 6.04 Å². The number of rotatable bonds is 6. The number of hydrogen-bond acceptors (Lipinski definition) is 5. The van der Waals surface area contributed by atoms with Gasteiger partial charge in [0.2, 0.25) is 11.7 Å². The zero-order valence-electron chi connectivity index (χ0n) is 15.8. The van der Waals surface area contributed by atoms with Crippen LogP contribution in [-0.4, -0.2) is 55.3 Å². The molecule has 0 unspecified atom stereocenters. The molecule has 1 N–H and O–H groups in total. The molecule has 3 atom stereocenters. The number of nitrogens with zero attached hydrogens (tertiary/aromatic N) is 1. The molecular formula is C20H25NO6. The van der Waals surface area contributed by atoms with Crippen molar-refractivity contribution in [3.8, 4) is 17.2 Å². The van der Waals surface area contributed by atoms with Crippen molar-refractivity contribution in [3.63, 3.8) is 0 Å². The number of fused-ring (bicyclic) bond motifs is 1. The van der Waals surface area contributed by atoms with Crippen LogP contribution in [0.4, 0.5) is 0 Å². The largest absolute Gasteiger partial charge is 0.493 e. The van der Waals surface area contributed by atoms with Crippen LogP contribution in [0.2, 0.25) is 0 Å². The summed E-state index contributed by atoms with van der Waals surface area (Å²) in [5.74, 6) is 0.547. The number of likely N-dealkylation sites (tertiary alicyclic amines) is 1. The quantitative estimate of drug-likeness (QED) is 0.769. The Balaban J connectivity index is 1.84. The Morgan fingerprint density at radius 3 is 2.33 bits per heavy atom. The molecule has 146 valence electrons. The molecule has 1 aromatic rings. The van der Waals surface area contributed by atoms with Crippen LogP contribution < -0.4 is 14.2 Å². The summed E-state index contributed by atoms with van der Waals surface area (Å²) in [7, 11) is 4.58. The summed E-state index contributed by atoms with van der Waals surface area (Å²) in [6, 6.07) is 2.77. The Labute approximate surface area is 158 Å².